The zero-order chi connectivity index (χ0) is 32.2. The lowest BCUT2D eigenvalue weighted by atomic mass is 9.84. The Hall–Kier alpha value is -3.29. The van der Waals surface area contributed by atoms with Gasteiger partial charge in [0, 0.05) is 24.2 Å². The van der Waals surface area contributed by atoms with Gasteiger partial charge in [-0.1, -0.05) is 75.1 Å². The van der Waals surface area contributed by atoms with Crippen molar-refractivity contribution in [2.24, 2.45) is 0 Å². The molecule has 0 spiro atoms. The van der Waals surface area contributed by atoms with Crippen LogP contribution in [0.2, 0.25) is 0 Å². The SMILES string of the molecule is CCCCN(Cc1ccc(C(=O)NC(CCSC)C(=O)OCl)c(-c2ccccc2C)c1)C(=O)c1ccc(C2CCCCC2)cc1. The van der Waals surface area contributed by atoms with E-state index in [1.807, 2.05) is 66.6 Å². The second-order valence-electron chi connectivity index (χ2n) is 11.9. The molecule has 3 aromatic rings. The van der Waals surface area contributed by atoms with E-state index in [-0.39, 0.29) is 11.8 Å². The van der Waals surface area contributed by atoms with Crippen LogP contribution >= 0.6 is 23.6 Å². The molecule has 6 nitrogen and oxygen atoms in total. The van der Waals surface area contributed by atoms with Crippen molar-refractivity contribution in [3.05, 3.63) is 94.5 Å². The highest BCUT2D eigenvalue weighted by Gasteiger charge is 2.25. The lowest BCUT2D eigenvalue weighted by Gasteiger charge is -2.25. The Morgan fingerprint density at radius 2 is 1.73 bits per heavy atom. The Morgan fingerprint density at radius 3 is 2.40 bits per heavy atom. The minimum Gasteiger partial charge on any atom is -0.345 e. The van der Waals surface area contributed by atoms with Crippen LogP contribution in [0.15, 0.2) is 66.7 Å². The summed E-state index contributed by atoms with van der Waals surface area (Å²) >= 11 is 6.95. The van der Waals surface area contributed by atoms with E-state index < -0.39 is 12.0 Å². The van der Waals surface area contributed by atoms with E-state index >= 15 is 0 Å². The Morgan fingerprint density at radius 1 is 1.00 bits per heavy atom. The van der Waals surface area contributed by atoms with Crippen LogP contribution in [-0.4, -0.2) is 47.3 Å². The van der Waals surface area contributed by atoms with Gasteiger partial charge in [0.15, 0.2) is 0 Å². The third-order valence-corrected chi connectivity index (χ3v) is 9.51. The Labute approximate surface area is 277 Å². The first-order chi connectivity index (χ1) is 21.9. The van der Waals surface area contributed by atoms with Crippen LogP contribution < -0.4 is 5.32 Å². The molecule has 1 aliphatic rings. The van der Waals surface area contributed by atoms with Gasteiger partial charge in [0.2, 0.25) is 0 Å². The Balaban J connectivity index is 1.62. The third-order valence-electron chi connectivity index (χ3n) is 8.72. The maximum atomic E-state index is 13.8. The van der Waals surface area contributed by atoms with Gasteiger partial charge in [0.1, 0.15) is 17.9 Å². The van der Waals surface area contributed by atoms with Gasteiger partial charge in [-0.3, -0.25) is 9.59 Å². The molecule has 1 aliphatic carbocycles. The average molecular weight is 649 g/mol. The molecule has 3 aromatic carbocycles. The highest BCUT2D eigenvalue weighted by Crippen LogP contribution is 2.33. The van der Waals surface area contributed by atoms with Crippen molar-refractivity contribution in [1.29, 1.82) is 0 Å². The molecule has 2 amide bonds. The number of aryl methyl sites for hydroxylation is 1. The number of thioether (sulfide) groups is 1. The number of halogens is 1. The first-order valence-electron chi connectivity index (χ1n) is 16.1. The summed E-state index contributed by atoms with van der Waals surface area (Å²) < 4.78 is 4.44. The van der Waals surface area contributed by atoms with Gasteiger partial charge in [0.05, 0.1) is 0 Å². The molecule has 0 saturated heterocycles. The minimum absolute atomic E-state index is 0.00845. The zero-order valence-corrected chi connectivity index (χ0v) is 28.2. The van der Waals surface area contributed by atoms with Gasteiger partial charge in [-0.05, 0) is 103 Å². The summed E-state index contributed by atoms with van der Waals surface area (Å²) in [5.41, 5.74) is 6.06. The molecule has 0 radical (unpaired) electrons. The number of hydrogen-bond donors (Lipinski definition) is 1. The lowest BCUT2D eigenvalue weighted by molar-refractivity contribution is -0.136. The van der Waals surface area contributed by atoms with Crippen LogP contribution in [0, 0.1) is 6.92 Å². The third kappa shape index (κ3) is 9.36. The molecule has 1 atom stereocenters. The molecule has 1 saturated carbocycles. The summed E-state index contributed by atoms with van der Waals surface area (Å²) in [6.45, 7) is 5.18. The van der Waals surface area contributed by atoms with Crippen molar-refractivity contribution in [2.75, 3.05) is 18.6 Å². The fraction of sp³-hybridized carbons (Fsp3) is 0.432. The standard InChI is InChI=1S/C37H45ClN2O4S/c1-4-5-22-40(36(42)30-18-16-29(17-19-30)28-12-7-6-8-13-28)25-27-15-20-32(33(24-27)31-14-10-9-11-26(31)2)35(41)39-34(21-23-45-3)37(43)44-38/h9-11,14-20,24,28,34H,4-8,12-13,21-23,25H2,1-3H3,(H,39,41). The summed E-state index contributed by atoms with van der Waals surface area (Å²) in [4.78, 5) is 41.7. The van der Waals surface area contributed by atoms with Crippen molar-refractivity contribution < 1.29 is 18.7 Å². The molecular weight excluding hydrogens is 604 g/mol. The normalized spacial score (nSPS) is 14.0. The first kappa shape index (κ1) is 34.6. The number of carbonyl (C=O) groups excluding carboxylic acids is 3. The van der Waals surface area contributed by atoms with Gasteiger partial charge in [-0.25, -0.2) is 4.79 Å². The fourth-order valence-electron chi connectivity index (χ4n) is 6.10. The average Bonchev–Trinajstić information content (AvgIpc) is 3.08. The minimum atomic E-state index is -0.862. The van der Waals surface area contributed by atoms with Crippen molar-refractivity contribution >= 4 is 41.4 Å². The predicted molar refractivity (Wildman–Crippen MR) is 185 cm³/mol. The molecule has 0 bridgehead atoms. The first-order valence-corrected chi connectivity index (χ1v) is 17.8. The van der Waals surface area contributed by atoms with Crippen LogP contribution in [-0.2, 0) is 15.6 Å². The van der Waals surface area contributed by atoms with Crippen LogP contribution in [0.5, 0.6) is 0 Å². The molecule has 45 heavy (non-hydrogen) atoms. The fourth-order valence-corrected chi connectivity index (χ4v) is 6.68. The summed E-state index contributed by atoms with van der Waals surface area (Å²) in [5.74, 6) is 0.186. The number of nitrogens with one attached hydrogen (secondary N) is 1. The van der Waals surface area contributed by atoms with Crippen molar-refractivity contribution in [3.8, 4) is 11.1 Å². The predicted octanol–water partition coefficient (Wildman–Crippen LogP) is 8.70. The molecule has 0 heterocycles. The number of hydrogen-bond acceptors (Lipinski definition) is 5. The van der Waals surface area contributed by atoms with E-state index in [1.165, 1.54) is 37.7 Å². The van der Waals surface area contributed by atoms with Gasteiger partial charge >= 0.3 is 5.97 Å². The number of benzene rings is 3. The summed E-state index contributed by atoms with van der Waals surface area (Å²) in [6, 6.07) is 20.9. The van der Waals surface area contributed by atoms with Crippen LogP contribution in [0.3, 0.4) is 0 Å². The van der Waals surface area contributed by atoms with Crippen LogP contribution in [0.25, 0.3) is 11.1 Å². The second-order valence-corrected chi connectivity index (χ2v) is 13.1. The summed E-state index contributed by atoms with van der Waals surface area (Å²) in [5, 5.41) is 2.83. The van der Waals surface area contributed by atoms with Crippen LogP contribution in [0.1, 0.15) is 102 Å². The van der Waals surface area contributed by atoms with E-state index in [0.717, 1.165) is 35.1 Å². The largest absolute Gasteiger partial charge is 0.346 e. The summed E-state index contributed by atoms with van der Waals surface area (Å²) in [7, 11) is 0. The molecule has 0 aliphatic heterocycles. The van der Waals surface area contributed by atoms with Gasteiger partial charge in [-0.2, -0.15) is 11.8 Å². The maximum absolute atomic E-state index is 13.8. The number of carbonyl (C=O) groups is 3. The molecule has 1 unspecified atom stereocenters. The van der Waals surface area contributed by atoms with Gasteiger partial charge < -0.3 is 14.5 Å². The highest BCUT2D eigenvalue weighted by molar-refractivity contribution is 7.98. The monoisotopic (exact) mass is 648 g/mol. The highest BCUT2D eigenvalue weighted by atomic mass is 35.5. The zero-order valence-electron chi connectivity index (χ0n) is 26.7. The maximum Gasteiger partial charge on any atom is 0.346 e. The van der Waals surface area contributed by atoms with Gasteiger partial charge in [0.25, 0.3) is 11.8 Å². The quantitative estimate of drug-likeness (QED) is 0.189. The Bertz CT molecular complexity index is 1440. The molecule has 1 fully saturated rings. The van der Waals surface area contributed by atoms with E-state index in [0.29, 0.717) is 42.3 Å². The van der Waals surface area contributed by atoms with Gasteiger partial charge in [-0.15, -0.1) is 0 Å². The van der Waals surface area contributed by atoms with E-state index in [9.17, 15) is 14.4 Å². The van der Waals surface area contributed by atoms with E-state index in [4.69, 9.17) is 11.9 Å². The Kier molecular flexibility index (Phi) is 13.4. The van der Waals surface area contributed by atoms with E-state index in [1.54, 1.807) is 17.8 Å². The molecular formula is C37H45ClN2O4S. The van der Waals surface area contributed by atoms with Crippen molar-refractivity contribution in [3.63, 3.8) is 0 Å². The summed E-state index contributed by atoms with van der Waals surface area (Å²) in [6.07, 6.45) is 10.5. The molecule has 0 aromatic heterocycles. The molecule has 240 valence electrons. The number of unbranched alkanes of at least 4 members (excludes halogenated alkanes) is 1. The number of amides is 2. The number of rotatable bonds is 14. The van der Waals surface area contributed by atoms with Crippen LogP contribution in [0.4, 0.5) is 0 Å². The second kappa shape index (κ2) is 17.4. The smallest absolute Gasteiger partial charge is 0.345 e. The lowest BCUT2D eigenvalue weighted by Crippen LogP contribution is -2.41. The topological polar surface area (TPSA) is 75.7 Å². The molecule has 8 heteroatoms. The van der Waals surface area contributed by atoms with Crippen molar-refractivity contribution in [1.82, 2.24) is 10.2 Å². The van der Waals surface area contributed by atoms with Crippen molar-refractivity contribution in [2.45, 2.75) is 83.7 Å². The van der Waals surface area contributed by atoms with E-state index in [2.05, 4.69) is 28.7 Å². The number of nitrogens with zero attached hydrogens (tertiary/aromatic N) is 1. The molecule has 1 N–H and O–H groups in total. The molecule has 4 rings (SSSR count).